The first-order valence-corrected chi connectivity index (χ1v) is 7.51. The molecule has 2 N–H and O–H groups in total. The number of carbonyl (C=O) groups is 1. The summed E-state index contributed by atoms with van der Waals surface area (Å²) in [5, 5.41) is 1.07. The second-order valence-corrected chi connectivity index (χ2v) is 6.20. The fourth-order valence-corrected chi connectivity index (χ4v) is 2.42. The lowest BCUT2D eigenvalue weighted by Crippen LogP contribution is -2.27. The third-order valence-electron chi connectivity index (χ3n) is 2.83. The van der Waals surface area contributed by atoms with Crippen LogP contribution in [0.15, 0.2) is 36.4 Å². The zero-order chi connectivity index (χ0) is 14.9. The van der Waals surface area contributed by atoms with E-state index in [9.17, 15) is 4.79 Å². The van der Waals surface area contributed by atoms with Crippen LogP contribution in [0, 0.1) is 3.57 Å². The average Bonchev–Trinajstić information content (AvgIpc) is 2.43. The maximum atomic E-state index is 12.4. The average molecular weight is 421 g/mol. The molecule has 0 unspecified atom stereocenters. The number of hydrogen-bond acceptors (Lipinski definition) is 2. The van der Waals surface area contributed by atoms with Crippen molar-refractivity contribution < 1.29 is 4.79 Å². The number of amides is 1. The summed E-state index contributed by atoms with van der Waals surface area (Å²) in [6.45, 7) is 0. The topological polar surface area (TPSA) is 46.3 Å². The van der Waals surface area contributed by atoms with Gasteiger partial charge in [0.2, 0.25) is 0 Å². The highest BCUT2D eigenvalue weighted by Crippen LogP contribution is 2.28. The lowest BCUT2D eigenvalue weighted by Gasteiger charge is -2.19. The molecule has 2 aromatic rings. The highest BCUT2D eigenvalue weighted by atomic mass is 127. The Hall–Kier alpha value is -0.980. The number of nitrogens with two attached hydrogens (primary N) is 1. The molecule has 0 saturated heterocycles. The Labute approximate surface area is 140 Å². The van der Waals surface area contributed by atoms with E-state index >= 15 is 0 Å². The number of carbonyl (C=O) groups excluding carboxylic acids is 1. The van der Waals surface area contributed by atoms with Crippen molar-refractivity contribution in [3.05, 3.63) is 55.6 Å². The van der Waals surface area contributed by atoms with Crippen LogP contribution in [-0.2, 0) is 0 Å². The predicted molar refractivity (Wildman–Crippen MR) is 92.8 cm³/mol. The number of halogens is 3. The van der Waals surface area contributed by atoms with Crippen molar-refractivity contribution in [2.75, 3.05) is 17.7 Å². The summed E-state index contributed by atoms with van der Waals surface area (Å²) in [5.41, 5.74) is 7.43. The number of rotatable bonds is 2. The van der Waals surface area contributed by atoms with Gasteiger partial charge in [-0.1, -0.05) is 23.2 Å². The molecule has 0 saturated carbocycles. The Bertz CT molecular complexity index is 676. The first kappa shape index (κ1) is 15.4. The Kier molecular flexibility index (Phi) is 4.78. The van der Waals surface area contributed by atoms with Crippen LogP contribution >= 0.6 is 45.8 Å². The smallest absolute Gasteiger partial charge is 0.258 e. The molecule has 0 aromatic heterocycles. The number of nitrogen functional groups attached to an aromatic ring is 1. The zero-order valence-corrected chi connectivity index (χ0v) is 14.2. The van der Waals surface area contributed by atoms with Gasteiger partial charge in [-0.2, -0.15) is 0 Å². The number of benzene rings is 2. The standard InChI is InChI=1S/C14H11Cl2IN2O/c1-19(13-7-9(15)3-5-12(13)18)14(20)8-2-4-11(17)10(16)6-8/h2-7H,18H2,1H3. The van der Waals surface area contributed by atoms with Crippen molar-refractivity contribution in [1.29, 1.82) is 0 Å². The molecule has 104 valence electrons. The molecule has 0 aliphatic heterocycles. The van der Waals surface area contributed by atoms with Crippen LogP contribution in [0.1, 0.15) is 10.4 Å². The summed E-state index contributed by atoms with van der Waals surface area (Å²) in [7, 11) is 1.65. The SMILES string of the molecule is CN(C(=O)c1ccc(I)c(Cl)c1)c1cc(Cl)ccc1N. The lowest BCUT2D eigenvalue weighted by molar-refractivity contribution is 0.0993. The Morgan fingerprint density at radius 2 is 1.90 bits per heavy atom. The van der Waals surface area contributed by atoms with Crippen molar-refractivity contribution in [1.82, 2.24) is 0 Å². The van der Waals surface area contributed by atoms with Gasteiger partial charge >= 0.3 is 0 Å². The fraction of sp³-hybridized carbons (Fsp3) is 0.0714. The van der Waals surface area contributed by atoms with Crippen LogP contribution in [0.4, 0.5) is 11.4 Å². The van der Waals surface area contributed by atoms with Gasteiger partial charge in [0, 0.05) is 21.2 Å². The normalized spacial score (nSPS) is 10.4. The van der Waals surface area contributed by atoms with Crippen LogP contribution in [0.5, 0.6) is 0 Å². The van der Waals surface area contributed by atoms with E-state index in [0.717, 1.165) is 3.57 Å². The second-order valence-electron chi connectivity index (χ2n) is 4.20. The van der Waals surface area contributed by atoms with Crippen molar-refractivity contribution in [2.45, 2.75) is 0 Å². The molecule has 0 aliphatic rings. The monoisotopic (exact) mass is 420 g/mol. The van der Waals surface area contributed by atoms with Gasteiger partial charge in [-0.15, -0.1) is 0 Å². The largest absolute Gasteiger partial charge is 0.397 e. The summed E-state index contributed by atoms with van der Waals surface area (Å²) < 4.78 is 0.894. The Morgan fingerprint density at radius 3 is 2.55 bits per heavy atom. The molecule has 0 aliphatic carbocycles. The van der Waals surface area contributed by atoms with E-state index in [0.29, 0.717) is 27.0 Å². The summed E-state index contributed by atoms with van der Waals surface area (Å²) in [6, 6.07) is 10.2. The van der Waals surface area contributed by atoms with Gasteiger partial charge in [0.1, 0.15) is 0 Å². The van der Waals surface area contributed by atoms with E-state index in [4.69, 9.17) is 28.9 Å². The van der Waals surface area contributed by atoms with E-state index in [1.807, 2.05) is 0 Å². The van der Waals surface area contributed by atoms with Crippen LogP contribution in [0.25, 0.3) is 0 Å². The molecule has 0 radical (unpaired) electrons. The maximum Gasteiger partial charge on any atom is 0.258 e. The zero-order valence-electron chi connectivity index (χ0n) is 10.5. The van der Waals surface area contributed by atoms with Gasteiger partial charge in [-0.05, 0) is 59.0 Å². The van der Waals surface area contributed by atoms with Gasteiger partial charge in [0.25, 0.3) is 5.91 Å². The molecule has 0 fully saturated rings. The van der Waals surface area contributed by atoms with Crippen molar-refractivity contribution in [2.24, 2.45) is 0 Å². The molecule has 1 amide bonds. The van der Waals surface area contributed by atoms with Crippen LogP contribution in [-0.4, -0.2) is 13.0 Å². The third-order valence-corrected chi connectivity index (χ3v) is 4.63. The van der Waals surface area contributed by atoms with Gasteiger partial charge in [-0.3, -0.25) is 4.79 Å². The summed E-state index contributed by atoms with van der Waals surface area (Å²) in [4.78, 5) is 13.9. The van der Waals surface area contributed by atoms with E-state index in [1.54, 1.807) is 43.4 Å². The third kappa shape index (κ3) is 3.19. The maximum absolute atomic E-state index is 12.4. The fourth-order valence-electron chi connectivity index (χ4n) is 1.74. The summed E-state index contributed by atoms with van der Waals surface area (Å²) in [6.07, 6.45) is 0. The first-order valence-electron chi connectivity index (χ1n) is 5.68. The number of nitrogens with zero attached hydrogens (tertiary/aromatic N) is 1. The molecular weight excluding hydrogens is 410 g/mol. The molecule has 2 aromatic carbocycles. The Balaban J connectivity index is 2.37. The quantitative estimate of drug-likeness (QED) is 0.576. The van der Waals surface area contributed by atoms with Crippen LogP contribution in [0.3, 0.4) is 0 Å². The molecule has 0 bridgehead atoms. The minimum absolute atomic E-state index is 0.197. The van der Waals surface area contributed by atoms with Gasteiger partial charge in [0.15, 0.2) is 0 Å². The molecule has 0 heterocycles. The second kappa shape index (κ2) is 6.20. The summed E-state index contributed by atoms with van der Waals surface area (Å²) in [5.74, 6) is -0.197. The van der Waals surface area contributed by atoms with Crippen molar-refractivity contribution >= 4 is 63.1 Å². The molecule has 0 spiro atoms. The lowest BCUT2D eigenvalue weighted by atomic mass is 10.2. The first-order chi connectivity index (χ1) is 9.40. The number of anilines is 2. The predicted octanol–water partition coefficient (Wildman–Crippen LogP) is 4.46. The van der Waals surface area contributed by atoms with Gasteiger partial charge in [0.05, 0.1) is 16.4 Å². The molecule has 0 atom stereocenters. The molecule has 20 heavy (non-hydrogen) atoms. The van der Waals surface area contributed by atoms with Gasteiger partial charge in [-0.25, -0.2) is 0 Å². The molecule has 2 rings (SSSR count). The van der Waals surface area contributed by atoms with Crippen molar-refractivity contribution in [3.8, 4) is 0 Å². The molecular formula is C14H11Cl2IN2O. The van der Waals surface area contributed by atoms with Crippen molar-refractivity contribution in [3.63, 3.8) is 0 Å². The van der Waals surface area contributed by atoms with Crippen LogP contribution in [0.2, 0.25) is 10.0 Å². The molecule has 3 nitrogen and oxygen atoms in total. The van der Waals surface area contributed by atoms with Gasteiger partial charge < -0.3 is 10.6 Å². The van der Waals surface area contributed by atoms with E-state index in [2.05, 4.69) is 22.6 Å². The van der Waals surface area contributed by atoms with Crippen LogP contribution < -0.4 is 10.6 Å². The summed E-state index contributed by atoms with van der Waals surface area (Å²) >= 11 is 14.1. The van der Waals surface area contributed by atoms with E-state index in [1.165, 1.54) is 4.90 Å². The van der Waals surface area contributed by atoms with E-state index in [-0.39, 0.29) is 5.91 Å². The highest BCUT2D eigenvalue weighted by molar-refractivity contribution is 14.1. The highest BCUT2D eigenvalue weighted by Gasteiger charge is 2.16. The van der Waals surface area contributed by atoms with E-state index < -0.39 is 0 Å². The minimum atomic E-state index is -0.197. The number of hydrogen-bond donors (Lipinski definition) is 1. The Morgan fingerprint density at radius 1 is 1.20 bits per heavy atom. The minimum Gasteiger partial charge on any atom is -0.397 e. The molecule has 6 heteroatoms.